The van der Waals surface area contributed by atoms with E-state index in [1.807, 2.05) is 41.3 Å². The van der Waals surface area contributed by atoms with Gasteiger partial charge in [-0.2, -0.15) is 0 Å². The molecular weight excluding hydrogens is 464 g/mol. The number of hydrogen-bond acceptors (Lipinski definition) is 3. The second-order valence-corrected chi connectivity index (χ2v) is 9.87. The largest absolute Gasteiger partial charge is 0.388 e. The van der Waals surface area contributed by atoms with Crippen LogP contribution < -0.4 is 0 Å². The monoisotopic (exact) mass is 494 g/mol. The first-order valence-electron chi connectivity index (χ1n) is 11.4. The zero-order valence-electron chi connectivity index (χ0n) is 18.6. The number of allylic oxidation sites excluding steroid dienone is 2. The molecule has 1 N–H and O–H groups in total. The summed E-state index contributed by atoms with van der Waals surface area (Å²) in [5.41, 5.74) is 2.79. The first-order valence-corrected chi connectivity index (χ1v) is 12.2. The number of aliphatic hydroxyl groups is 1. The van der Waals surface area contributed by atoms with Crippen molar-refractivity contribution in [3.63, 3.8) is 0 Å². The van der Waals surface area contributed by atoms with Gasteiger partial charge < -0.3 is 14.9 Å². The minimum atomic E-state index is -0.774. The molecule has 4 nitrogen and oxygen atoms in total. The van der Waals surface area contributed by atoms with Crippen LogP contribution in [0, 0.1) is 0 Å². The summed E-state index contributed by atoms with van der Waals surface area (Å²) in [4.78, 5) is 16.9. The van der Waals surface area contributed by atoms with Gasteiger partial charge in [0.2, 0.25) is 5.91 Å². The Morgan fingerprint density at radius 2 is 1.69 bits per heavy atom. The minimum Gasteiger partial charge on any atom is -0.388 e. The Morgan fingerprint density at radius 1 is 1.06 bits per heavy atom. The van der Waals surface area contributed by atoms with Crippen molar-refractivity contribution in [1.29, 1.82) is 0 Å². The fourth-order valence-corrected chi connectivity index (χ4v) is 5.25. The molecule has 0 aromatic heterocycles. The molecule has 1 fully saturated rings. The molecule has 0 unspecified atom stereocenters. The maximum atomic E-state index is 12.8. The number of rotatable bonds is 6. The van der Waals surface area contributed by atoms with Crippen molar-refractivity contribution >= 4 is 27.4 Å². The van der Waals surface area contributed by atoms with Gasteiger partial charge in [0, 0.05) is 43.3 Å². The highest BCUT2D eigenvalue weighted by atomic mass is 79.9. The molecule has 4 rings (SSSR count). The molecule has 5 heteroatoms. The van der Waals surface area contributed by atoms with Crippen molar-refractivity contribution in [3.05, 3.63) is 88.5 Å². The number of nitrogens with zero attached hydrogens (tertiary/aromatic N) is 2. The van der Waals surface area contributed by atoms with Crippen LogP contribution in [0.15, 0.2) is 77.4 Å². The fourth-order valence-electron chi connectivity index (χ4n) is 4.57. The van der Waals surface area contributed by atoms with Crippen molar-refractivity contribution in [2.24, 2.45) is 0 Å². The highest BCUT2D eigenvalue weighted by molar-refractivity contribution is 9.12. The Morgan fingerprint density at radius 3 is 2.31 bits per heavy atom. The molecule has 1 saturated heterocycles. The summed E-state index contributed by atoms with van der Waals surface area (Å²) in [5.74, 6) is 0.380. The Labute approximate surface area is 199 Å². The maximum absolute atomic E-state index is 12.8. The number of carbonyl (C=O) groups is 1. The lowest BCUT2D eigenvalue weighted by Crippen LogP contribution is -2.51. The summed E-state index contributed by atoms with van der Waals surface area (Å²) < 4.78 is 1.03. The van der Waals surface area contributed by atoms with E-state index in [0.29, 0.717) is 38.9 Å². The highest BCUT2D eigenvalue weighted by Crippen LogP contribution is 2.32. The quantitative estimate of drug-likeness (QED) is 0.602. The zero-order valence-corrected chi connectivity index (χ0v) is 20.2. The van der Waals surface area contributed by atoms with Crippen LogP contribution in [0.5, 0.6) is 0 Å². The van der Waals surface area contributed by atoms with Crippen LogP contribution in [0.25, 0.3) is 5.57 Å². The van der Waals surface area contributed by atoms with Crippen LogP contribution in [-0.4, -0.2) is 52.6 Å². The normalized spacial score (nSPS) is 19.2. The number of carbonyl (C=O) groups excluding carboxylic acids is 1. The number of amides is 1. The van der Waals surface area contributed by atoms with Gasteiger partial charge in [-0.15, -0.1) is 0 Å². The van der Waals surface area contributed by atoms with Crippen LogP contribution in [0.2, 0.25) is 0 Å². The second-order valence-electron chi connectivity index (χ2n) is 9.01. The first kappa shape index (κ1) is 22.8. The predicted octanol–water partition coefficient (Wildman–Crippen LogP) is 5.17. The topological polar surface area (TPSA) is 43.8 Å². The van der Waals surface area contributed by atoms with E-state index < -0.39 is 5.60 Å². The summed E-state index contributed by atoms with van der Waals surface area (Å²) >= 11 is 3.70. The standard InChI is InChI=1S/C27H31BrN2O2/c1-21(22-8-4-2-5-9-22)18-26(31)30-16-13-27(32,14-17-30)20-29-15-12-24(25(28)19-29)23-10-6-3-7-11-23/h2-12,19,21,32H,13-18,20H2,1H3/t21-/m1/s1. The summed E-state index contributed by atoms with van der Waals surface area (Å²) in [6.07, 6.45) is 6.01. The van der Waals surface area contributed by atoms with Gasteiger partial charge in [0.1, 0.15) is 0 Å². The number of hydrogen-bond donors (Lipinski definition) is 1. The Balaban J connectivity index is 1.29. The summed E-state index contributed by atoms with van der Waals surface area (Å²) in [6.45, 7) is 4.66. The van der Waals surface area contributed by atoms with Gasteiger partial charge in [-0.1, -0.05) is 73.7 Å². The van der Waals surface area contributed by atoms with E-state index >= 15 is 0 Å². The lowest BCUT2D eigenvalue weighted by molar-refractivity contribution is -0.136. The molecule has 168 valence electrons. The van der Waals surface area contributed by atoms with Crippen LogP contribution >= 0.6 is 15.9 Å². The second kappa shape index (κ2) is 10.1. The summed E-state index contributed by atoms with van der Waals surface area (Å²) in [7, 11) is 0. The van der Waals surface area contributed by atoms with Crippen molar-refractivity contribution in [3.8, 4) is 0 Å². The molecule has 1 amide bonds. The van der Waals surface area contributed by atoms with Crippen LogP contribution in [0.1, 0.15) is 43.2 Å². The van der Waals surface area contributed by atoms with Gasteiger partial charge in [0.15, 0.2) is 0 Å². The van der Waals surface area contributed by atoms with Gasteiger partial charge in [0.25, 0.3) is 0 Å². The Hall–Kier alpha value is -2.37. The van der Waals surface area contributed by atoms with E-state index in [9.17, 15) is 9.90 Å². The summed E-state index contributed by atoms with van der Waals surface area (Å²) in [6, 6.07) is 20.5. The lowest BCUT2D eigenvalue weighted by atomic mass is 9.89. The molecule has 1 atom stereocenters. The number of halogens is 1. The Bertz CT molecular complexity index is 979. The SMILES string of the molecule is C[C@H](CC(=O)N1CCC(O)(CN2C=C(Br)C(c3ccccc3)=CC2)CC1)c1ccccc1. The molecule has 2 heterocycles. The molecule has 0 spiro atoms. The van der Waals surface area contributed by atoms with Gasteiger partial charge in [0.05, 0.1) is 5.60 Å². The summed E-state index contributed by atoms with van der Waals surface area (Å²) in [5, 5.41) is 11.2. The molecule has 2 aromatic rings. The first-order chi connectivity index (χ1) is 15.4. The molecule has 0 bridgehead atoms. The third-order valence-corrected chi connectivity index (χ3v) is 7.19. The van der Waals surface area contributed by atoms with Crippen molar-refractivity contribution in [2.45, 2.75) is 37.7 Å². The van der Waals surface area contributed by atoms with Gasteiger partial charge in [-0.3, -0.25) is 4.79 Å². The van der Waals surface area contributed by atoms with Crippen molar-refractivity contribution in [2.75, 3.05) is 26.2 Å². The molecule has 0 aliphatic carbocycles. The van der Waals surface area contributed by atoms with E-state index in [1.54, 1.807) is 0 Å². The van der Waals surface area contributed by atoms with E-state index in [1.165, 1.54) is 16.7 Å². The average Bonchev–Trinajstić information content (AvgIpc) is 2.80. The Kier molecular flexibility index (Phi) is 7.17. The number of likely N-dealkylation sites (tertiary alicyclic amines) is 1. The van der Waals surface area contributed by atoms with E-state index in [2.05, 4.69) is 64.3 Å². The van der Waals surface area contributed by atoms with E-state index in [0.717, 1.165) is 11.0 Å². The molecule has 0 saturated carbocycles. The number of β-amino-alcohol motifs (C(OH)–C–C–N with tert-alkyl or cyclic N) is 1. The maximum Gasteiger partial charge on any atom is 0.223 e. The van der Waals surface area contributed by atoms with E-state index in [-0.39, 0.29) is 11.8 Å². The third-order valence-electron chi connectivity index (χ3n) is 6.56. The number of piperidine rings is 1. The minimum absolute atomic E-state index is 0.180. The molecular formula is C27H31BrN2O2. The third kappa shape index (κ3) is 5.51. The molecule has 32 heavy (non-hydrogen) atoms. The highest BCUT2D eigenvalue weighted by Gasteiger charge is 2.35. The molecule has 2 aliphatic heterocycles. The molecule has 2 aromatic carbocycles. The smallest absolute Gasteiger partial charge is 0.223 e. The zero-order chi connectivity index (χ0) is 22.6. The fraction of sp³-hybridized carbons (Fsp3) is 0.370. The van der Waals surface area contributed by atoms with E-state index in [4.69, 9.17) is 0 Å². The van der Waals surface area contributed by atoms with Crippen molar-refractivity contribution < 1.29 is 9.90 Å². The van der Waals surface area contributed by atoms with Crippen LogP contribution in [0.4, 0.5) is 0 Å². The van der Waals surface area contributed by atoms with Crippen LogP contribution in [0.3, 0.4) is 0 Å². The molecule has 0 radical (unpaired) electrons. The average molecular weight is 495 g/mol. The van der Waals surface area contributed by atoms with Crippen molar-refractivity contribution in [1.82, 2.24) is 9.80 Å². The predicted molar refractivity (Wildman–Crippen MR) is 133 cm³/mol. The van der Waals surface area contributed by atoms with Gasteiger partial charge in [-0.05, 0) is 51.4 Å². The van der Waals surface area contributed by atoms with Gasteiger partial charge in [-0.25, -0.2) is 0 Å². The lowest BCUT2D eigenvalue weighted by Gasteiger charge is -2.41. The molecule has 2 aliphatic rings. The number of benzene rings is 2. The van der Waals surface area contributed by atoms with Gasteiger partial charge >= 0.3 is 0 Å². The van der Waals surface area contributed by atoms with Crippen LogP contribution in [-0.2, 0) is 4.79 Å².